The van der Waals surface area contributed by atoms with Crippen molar-refractivity contribution in [2.24, 2.45) is 4.99 Å². The number of rotatable bonds is 7. The minimum absolute atomic E-state index is 0.486. The Morgan fingerprint density at radius 3 is 2.85 bits per heavy atom. The van der Waals surface area contributed by atoms with Crippen LogP contribution in [0.1, 0.15) is 44.1 Å². The van der Waals surface area contributed by atoms with E-state index >= 15 is 0 Å². The van der Waals surface area contributed by atoms with E-state index in [0.29, 0.717) is 12.6 Å². The molecule has 1 fully saturated rings. The first-order valence-electron chi connectivity index (χ1n) is 9.75. The molecule has 5 nitrogen and oxygen atoms in total. The number of aliphatic imine (C=N–C) groups is 1. The van der Waals surface area contributed by atoms with Gasteiger partial charge in [-0.3, -0.25) is 9.98 Å². The molecular weight excluding hydrogens is 324 g/mol. The van der Waals surface area contributed by atoms with Crippen molar-refractivity contribution in [1.82, 2.24) is 15.6 Å². The van der Waals surface area contributed by atoms with E-state index in [9.17, 15) is 0 Å². The molecule has 1 aromatic heterocycles. The van der Waals surface area contributed by atoms with Crippen LogP contribution in [0, 0.1) is 0 Å². The molecule has 2 aromatic rings. The smallest absolute Gasteiger partial charge is 0.191 e. The minimum Gasteiger partial charge on any atom is -0.378 e. The summed E-state index contributed by atoms with van der Waals surface area (Å²) in [4.78, 5) is 8.80. The molecule has 0 saturated heterocycles. The summed E-state index contributed by atoms with van der Waals surface area (Å²) in [7, 11) is 1.80. The maximum absolute atomic E-state index is 5.97. The number of benzene rings is 1. The molecule has 140 valence electrons. The second-order valence-corrected chi connectivity index (χ2v) is 6.83. The summed E-state index contributed by atoms with van der Waals surface area (Å²) in [5, 5.41) is 7.90. The average Bonchev–Trinajstić information content (AvgIpc) is 2.71. The Hall–Kier alpha value is -2.14. The van der Waals surface area contributed by atoms with Crippen LogP contribution in [0.4, 0.5) is 0 Å². The molecule has 0 unspecified atom stereocenters. The largest absolute Gasteiger partial charge is 0.378 e. The zero-order valence-electron chi connectivity index (χ0n) is 15.7. The van der Waals surface area contributed by atoms with Crippen molar-refractivity contribution in [1.29, 1.82) is 0 Å². The number of hydrogen-bond donors (Lipinski definition) is 2. The van der Waals surface area contributed by atoms with Crippen molar-refractivity contribution >= 4 is 16.9 Å². The molecule has 0 spiro atoms. The molecule has 0 amide bonds. The van der Waals surface area contributed by atoms with Crippen LogP contribution in [-0.4, -0.2) is 37.2 Å². The SMILES string of the molecule is CN=C(NCCCOC1CCCCC1)NCc1cccc2cccnc12. The molecule has 3 rings (SSSR count). The van der Waals surface area contributed by atoms with Gasteiger partial charge in [0.05, 0.1) is 11.6 Å². The van der Waals surface area contributed by atoms with Gasteiger partial charge in [0.25, 0.3) is 0 Å². The van der Waals surface area contributed by atoms with E-state index in [2.05, 4.69) is 44.9 Å². The van der Waals surface area contributed by atoms with E-state index in [-0.39, 0.29) is 0 Å². The minimum atomic E-state index is 0.486. The number of nitrogens with one attached hydrogen (secondary N) is 2. The number of aromatic nitrogens is 1. The van der Waals surface area contributed by atoms with E-state index in [1.165, 1.54) is 37.7 Å². The van der Waals surface area contributed by atoms with Crippen molar-refractivity contribution in [2.45, 2.75) is 51.2 Å². The molecule has 5 heteroatoms. The lowest BCUT2D eigenvalue weighted by atomic mass is 9.98. The van der Waals surface area contributed by atoms with Gasteiger partial charge >= 0.3 is 0 Å². The third-order valence-electron chi connectivity index (χ3n) is 4.91. The van der Waals surface area contributed by atoms with Crippen LogP contribution in [0.2, 0.25) is 0 Å². The fraction of sp³-hybridized carbons (Fsp3) is 0.524. The number of ether oxygens (including phenoxy) is 1. The van der Waals surface area contributed by atoms with Gasteiger partial charge in [-0.05, 0) is 30.9 Å². The Labute approximate surface area is 156 Å². The van der Waals surface area contributed by atoms with Crippen LogP contribution >= 0.6 is 0 Å². The summed E-state index contributed by atoms with van der Waals surface area (Å²) in [6.45, 7) is 2.38. The lowest BCUT2D eigenvalue weighted by Crippen LogP contribution is -2.37. The van der Waals surface area contributed by atoms with E-state index in [4.69, 9.17) is 4.74 Å². The highest BCUT2D eigenvalue weighted by atomic mass is 16.5. The van der Waals surface area contributed by atoms with Crippen molar-refractivity contribution in [3.8, 4) is 0 Å². The number of para-hydroxylation sites is 1. The van der Waals surface area contributed by atoms with Crippen molar-refractivity contribution in [3.05, 3.63) is 42.1 Å². The first kappa shape index (κ1) is 18.6. The predicted molar refractivity (Wildman–Crippen MR) is 107 cm³/mol. The van der Waals surface area contributed by atoms with Gasteiger partial charge in [0.2, 0.25) is 0 Å². The fourth-order valence-electron chi connectivity index (χ4n) is 3.47. The summed E-state index contributed by atoms with van der Waals surface area (Å²) < 4.78 is 5.97. The second kappa shape index (κ2) is 10.1. The Bertz CT molecular complexity index is 705. The monoisotopic (exact) mass is 354 g/mol. The third kappa shape index (κ3) is 5.43. The highest BCUT2D eigenvalue weighted by molar-refractivity contribution is 5.83. The zero-order chi connectivity index (χ0) is 18.0. The van der Waals surface area contributed by atoms with Gasteiger partial charge in [-0.25, -0.2) is 0 Å². The van der Waals surface area contributed by atoms with Gasteiger partial charge in [0.1, 0.15) is 0 Å². The first-order valence-corrected chi connectivity index (χ1v) is 9.75. The molecule has 0 radical (unpaired) electrons. The molecule has 26 heavy (non-hydrogen) atoms. The van der Waals surface area contributed by atoms with Gasteiger partial charge in [0.15, 0.2) is 5.96 Å². The van der Waals surface area contributed by atoms with Gasteiger partial charge < -0.3 is 15.4 Å². The molecule has 1 aromatic carbocycles. The molecule has 1 aliphatic carbocycles. The molecule has 0 bridgehead atoms. The van der Waals surface area contributed by atoms with Crippen LogP contribution in [-0.2, 0) is 11.3 Å². The molecule has 2 N–H and O–H groups in total. The number of guanidine groups is 1. The number of hydrogen-bond acceptors (Lipinski definition) is 3. The summed E-state index contributed by atoms with van der Waals surface area (Å²) in [6, 6.07) is 10.3. The number of nitrogens with zero attached hydrogens (tertiary/aromatic N) is 2. The Morgan fingerprint density at radius 2 is 2.00 bits per heavy atom. The molecule has 0 atom stereocenters. The topological polar surface area (TPSA) is 58.5 Å². The van der Waals surface area contributed by atoms with Crippen LogP contribution in [0.3, 0.4) is 0 Å². The van der Waals surface area contributed by atoms with Crippen molar-refractivity contribution < 1.29 is 4.74 Å². The van der Waals surface area contributed by atoms with Crippen LogP contribution in [0.25, 0.3) is 10.9 Å². The summed E-state index contributed by atoms with van der Waals surface area (Å²) >= 11 is 0. The third-order valence-corrected chi connectivity index (χ3v) is 4.91. The Kier molecular flexibility index (Phi) is 7.25. The fourth-order valence-corrected chi connectivity index (χ4v) is 3.47. The van der Waals surface area contributed by atoms with E-state index in [1.807, 2.05) is 12.3 Å². The maximum Gasteiger partial charge on any atom is 0.191 e. The molecule has 1 aliphatic rings. The second-order valence-electron chi connectivity index (χ2n) is 6.83. The highest BCUT2D eigenvalue weighted by Gasteiger charge is 2.13. The van der Waals surface area contributed by atoms with Crippen LogP contribution in [0.15, 0.2) is 41.5 Å². The van der Waals surface area contributed by atoms with Crippen molar-refractivity contribution in [2.75, 3.05) is 20.2 Å². The van der Waals surface area contributed by atoms with Crippen LogP contribution < -0.4 is 10.6 Å². The molecule has 1 saturated carbocycles. The predicted octanol–water partition coefficient (Wildman–Crippen LogP) is 3.64. The molecular formula is C21H30N4O. The van der Waals surface area contributed by atoms with Crippen LogP contribution in [0.5, 0.6) is 0 Å². The average molecular weight is 354 g/mol. The Morgan fingerprint density at radius 1 is 1.15 bits per heavy atom. The van der Waals surface area contributed by atoms with Gasteiger partial charge in [-0.2, -0.15) is 0 Å². The maximum atomic E-state index is 5.97. The number of fused-ring (bicyclic) bond motifs is 1. The van der Waals surface area contributed by atoms with E-state index < -0.39 is 0 Å². The van der Waals surface area contributed by atoms with E-state index in [0.717, 1.165) is 36.4 Å². The summed E-state index contributed by atoms with van der Waals surface area (Å²) in [5.74, 6) is 0.815. The molecule has 1 heterocycles. The summed E-state index contributed by atoms with van der Waals surface area (Å²) in [5.41, 5.74) is 2.21. The lowest BCUT2D eigenvalue weighted by Gasteiger charge is -2.22. The zero-order valence-corrected chi connectivity index (χ0v) is 15.7. The lowest BCUT2D eigenvalue weighted by molar-refractivity contribution is 0.0277. The van der Waals surface area contributed by atoms with Gasteiger partial charge in [-0.15, -0.1) is 0 Å². The normalized spacial score (nSPS) is 16.0. The summed E-state index contributed by atoms with van der Waals surface area (Å²) in [6.07, 6.45) is 9.80. The Balaban J connectivity index is 1.39. The highest BCUT2D eigenvalue weighted by Crippen LogP contribution is 2.20. The van der Waals surface area contributed by atoms with Gasteiger partial charge in [-0.1, -0.05) is 43.5 Å². The van der Waals surface area contributed by atoms with E-state index in [1.54, 1.807) is 7.05 Å². The molecule has 0 aliphatic heterocycles. The first-order chi connectivity index (χ1) is 12.9. The quantitative estimate of drug-likeness (QED) is 0.453. The van der Waals surface area contributed by atoms with Crippen molar-refractivity contribution in [3.63, 3.8) is 0 Å². The van der Waals surface area contributed by atoms with Gasteiger partial charge in [0, 0.05) is 38.3 Å². The standard InChI is InChI=1S/C21H30N4O/c1-22-21(24-14-7-15-26-19-11-3-2-4-12-19)25-16-18-9-5-8-17-10-6-13-23-20(17)18/h5-6,8-10,13,19H,2-4,7,11-12,14-16H2,1H3,(H2,22,24,25). The number of pyridine rings is 1.